The third kappa shape index (κ3) is 3.18. The summed E-state index contributed by atoms with van der Waals surface area (Å²) in [6, 6.07) is 1.54. The summed E-state index contributed by atoms with van der Waals surface area (Å²) in [5.74, 6) is 5.07. The topological polar surface area (TPSA) is 89.3 Å². The van der Waals surface area contributed by atoms with Gasteiger partial charge in [0, 0.05) is 19.3 Å². The lowest BCUT2D eigenvalue weighted by Crippen LogP contribution is -2.36. The number of rotatable bonds is 5. The van der Waals surface area contributed by atoms with Crippen LogP contribution >= 0.6 is 0 Å². The van der Waals surface area contributed by atoms with Crippen molar-refractivity contribution in [1.29, 1.82) is 0 Å². The maximum absolute atomic E-state index is 11.8. The van der Waals surface area contributed by atoms with Crippen molar-refractivity contribution in [3.63, 3.8) is 0 Å². The summed E-state index contributed by atoms with van der Waals surface area (Å²) in [5, 5.41) is 2.78. The van der Waals surface area contributed by atoms with Crippen LogP contribution in [0.5, 0.6) is 0 Å². The number of aromatic nitrogens is 1. The second-order valence-electron chi connectivity index (χ2n) is 3.40. The fraction of sp³-hybridized carbons (Fsp3) is 0.400. The van der Waals surface area contributed by atoms with Gasteiger partial charge >= 0.3 is 0 Å². The van der Waals surface area contributed by atoms with Gasteiger partial charge in [0.15, 0.2) is 0 Å². The van der Waals surface area contributed by atoms with Crippen LogP contribution in [-0.2, 0) is 4.74 Å². The maximum Gasteiger partial charge on any atom is 0.253 e. The van der Waals surface area contributed by atoms with Gasteiger partial charge in [-0.1, -0.05) is 0 Å². The number of hydrogen-bond donors (Lipinski definition) is 3. The number of anilines is 1. The molecule has 0 aromatic carbocycles. The quantitative estimate of drug-likeness (QED) is 0.488. The molecular formula is C10H16N4O2. The van der Waals surface area contributed by atoms with Gasteiger partial charge in [-0.25, -0.2) is 0 Å². The van der Waals surface area contributed by atoms with Crippen LogP contribution in [0, 0.1) is 0 Å². The lowest BCUT2D eigenvalue weighted by molar-refractivity contribution is 0.0906. The van der Waals surface area contributed by atoms with E-state index in [-0.39, 0.29) is 11.9 Å². The number of methoxy groups -OCH3 is 1. The number of amides is 1. The van der Waals surface area contributed by atoms with Crippen LogP contribution in [0.4, 0.5) is 5.69 Å². The molecule has 0 aliphatic carbocycles. The van der Waals surface area contributed by atoms with E-state index in [0.29, 0.717) is 17.9 Å². The molecule has 1 atom stereocenters. The molecule has 0 radical (unpaired) electrons. The number of nitrogens with zero attached hydrogens (tertiary/aromatic N) is 1. The van der Waals surface area contributed by atoms with E-state index < -0.39 is 0 Å². The van der Waals surface area contributed by atoms with Gasteiger partial charge in [-0.05, 0) is 13.0 Å². The number of hydrazine groups is 1. The monoisotopic (exact) mass is 224 g/mol. The first-order valence-corrected chi connectivity index (χ1v) is 4.89. The Morgan fingerprint density at radius 1 is 1.69 bits per heavy atom. The molecular weight excluding hydrogens is 208 g/mol. The van der Waals surface area contributed by atoms with Crippen molar-refractivity contribution >= 4 is 11.6 Å². The van der Waals surface area contributed by atoms with Gasteiger partial charge in [0.2, 0.25) is 0 Å². The van der Waals surface area contributed by atoms with Crippen molar-refractivity contribution in [3.8, 4) is 0 Å². The minimum absolute atomic E-state index is 0.0590. The van der Waals surface area contributed by atoms with Crippen LogP contribution < -0.4 is 16.6 Å². The molecule has 1 amide bonds. The average Bonchev–Trinajstić information content (AvgIpc) is 2.29. The fourth-order valence-corrected chi connectivity index (χ4v) is 1.30. The number of hydrogen-bond acceptors (Lipinski definition) is 5. The SMILES string of the molecule is COCC(C)NC(=O)c1ccncc1NN. The second kappa shape index (κ2) is 6.04. The van der Waals surface area contributed by atoms with Crippen molar-refractivity contribution in [3.05, 3.63) is 24.0 Å². The Morgan fingerprint density at radius 3 is 3.06 bits per heavy atom. The summed E-state index contributed by atoms with van der Waals surface area (Å²) in [7, 11) is 1.59. The van der Waals surface area contributed by atoms with Crippen LogP contribution in [0.25, 0.3) is 0 Å². The zero-order valence-corrected chi connectivity index (χ0v) is 9.36. The molecule has 0 saturated carbocycles. The third-order valence-electron chi connectivity index (χ3n) is 2.02. The average molecular weight is 224 g/mol. The molecule has 16 heavy (non-hydrogen) atoms. The smallest absolute Gasteiger partial charge is 0.253 e. The summed E-state index contributed by atoms with van der Waals surface area (Å²) < 4.78 is 4.93. The van der Waals surface area contributed by atoms with Gasteiger partial charge in [0.1, 0.15) is 0 Å². The molecule has 88 valence electrons. The molecule has 1 heterocycles. The zero-order valence-electron chi connectivity index (χ0n) is 9.36. The summed E-state index contributed by atoms with van der Waals surface area (Å²) in [4.78, 5) is 15.7. The predicted molar refractivity (Wildman–Crippen MR) is 60.9 cm³/mol. The first-order chi connectivity index (χ1) is 7.69. The van der Waals surface area contributed by atoms with Gasteiger partial charge in [-0.15, -0.1) is 0 Å². The lowest BCUT2D eigenvalue weighted by Gasteiger charge is -2.14. The second-order valence-corrected chi connectivity index (χ2v) is 3.40. The zero-order chi connectivity index (χ0) is 12.0. The van der Waals surface area contributed by atoms with Gasteiger partial charge in [0.25, 0.3) is 5.91 Å². The summed E-state index contributed by atoms with van der Waals surface area (Å²) in [6.07, 6.45) is 3.03. The normalized spacial score (nSPS) is 11.9. The first kappa shape index (κ1) is 12.4. The van der Waals surface area contributed by atoms with E-state index in [1.807, 2.05) is 6.92 Å². The minimum atomic E-state index is -0.208. The standard InChI is InChI=1S/C10H16N4O2/c1-7(6-16-2)13-10(15)8-3-4-12-5-9(8)14-11/h3-5,7,14H,6,11H2,1-2H3,(H,13,15). The highest BCUT2D eigenvalue weighted by Gasteiger charge is 2.12. The highest BCUT2D eigenvalue weighted by molar-refractivity contribution is 5.99. The molecule has 6 nitrogen and oxygen atoms in total. The largest absolute Gasteiger partial charge is 0.383 e. The van der Waals surface area contributed by atoms with Crippen molar-refractivity contribution in [2.75, 3.05) is 19.1 Å². The van der Waals surface area contributed by atoms with Crippen LogP contribution in [0.1, 0.15) is 17.3 Å². The lowest BCUT2D eigenvalue weighted by atomic mass is 10.2. The minimum Gasteiger partial charge on any atom is -0.383 e. The number of pyridine rings is 1. The van der Waals surface area contributed by atoms with Crippen LogP contribution in [0.15, 0.2) is 18.5 Å². The molecule has 0 bridgehead atoms. The van der Waals surface area contributed by atoms with Gasteiger partial charge in [-0.2, -0.15) is 0 Å². The van der Waals surface area contributed by atoms with E-state index in [4.69, 9.17) is 10.6 Å². The van der Waals surface area contributed by atoms with Crippen LogP contribution in [0.2, 0.25) is 0 Å². The van der Waals surface area contributed by atoms with Gasteiger partial charge < -0.3 is 15.5 Å². The van der Waals surface area contributed by atoms with Crippen LogP contribution in [-0.4, -0.2) is 30.6 Å². The molecule has 0 saturated heterocycles. The Bertz CT molecular complexity index is 356. The Balaban J connectivity index is 2.72. The highest BCUT2D eigenvalue weighted by Crippen LogP contribution is 2.11. The van der Waals surface area contributed by atoms with Crippen molar-refractivity contribution in [2.45, 2.75) is 13.0 Å². The molecule has 1 aromatic heterocycles. The molecule has 0 fully saturated rings. The Kier molecular flexibility index (Phi) is 4.68. The molecule has 0 spiro atoms. The molecule has 1 aromatic rings. The highest BCUT2D eigenvalue weighted by atomic mass is 16.5. The van der Waals surface area contributed by atoms with E-state index in [1.54, 1.807) is 13.2 Å². The van der Waals surface area contributed by atoms with E-state index >= 15 is 0 Å². The predicted octanol–water partition coefficient (Wildman–Crippen LogP) is 0.132. The summed E-state index contributed by atoms with van der Waals surface area (Å²) >= 11 is 0. The number of nitrogens with one attached hydrogen (secondary N) is 2. The number of carbonyl (C=O) groups excluding carboxylic acids is 1. The summed E-state index contributed by atoms with van der Waals surface area (Å²) in [5.41, 5.74) is 3.38. The Morgan fingerprint density at radius 2 is 2.44 bits per heavy atom. The van der Waals surface area contributed by atoms with Crippen molar-refractivity contribution in [1.82, 2.24) is 10.3 Å². The van der Waals surface area contributed by atoms with E-state index in [0.717, 1.165) is 0 Å². The molecule has 4 N–H and O–H groups in total. The fourth-order valence-electron chi connectivity index (χ4n) is 1.30. The molecule has 0 aliphatic heterocycles. The van der Waals surface area contributed by atoms with Gasteiger partial charge in [0.05, 0.1) is 24.1 Å². The van der Waals surface area contributed by atoms with Gasteiger partial charge in [-0.3, -0.25) is 15.6 Å². The molecule has 1 rings (SSSR count). The number of nitrogens with two attached hydrogens (primary N) is 1. The van der Waals surface area contributed by atoms with E-state index in [1.165, 1.54) is 12.4 Å². The number of nitrogen functional groups attached to an aromatic ring is 1. The van der Waals surface area contributed by atoms with E-state index in [2.05, 4.69) is 15.7 Å². The maximum atomic E-state index is 11.8. The number of ether oxygens (including phenoxy) is 1. The van der Waals surface area contributed by atoms with Crippen LogP contribution in [0.3, 0.4) is 0 Å². The van der Waals surface area contributed by atoms with Crippen molar-refractivity contribution in [2.24, 2.45) is 5.84 Å². The van der Waals surface area contributed by atoms with E-state index in [9.17, 15) is 4.79 Å². The Labute approximate surface area is 94.2 Å². The first-order valence-electron chi connectivity index (χ1n) is 4.89. The Hall–Kier alpha value is -1.66. The molecule has 0 aliphatic rings. The molecule has 6 heteroatoms. The summed E-state index contributed by atoms with van der Waals surface area (Å²) in [6.45, 7) is 2.32. The third-order valence-corrected chi connectivity index (χ3v) is 2.02. The molecule has 1 unspecified atom stereocenters. The van der Waals surface area contributed by atoms with Crippen molar-refractivity contribution < 1.29 is 9.53 Å². The number of carbonyl (C=O) groups is 1.